The van der Waals surface area contributed by atoms with E-state index in [0.29, 0.717) is 44.7 Å². The topological polar surface area (TPSA) is 29.5 Å². The van der Waals surface area contributed by atoms with E-state index in [9.17, 15) is 22.4 Å². The maximum absolute atomic E-state index is 13.7. The van der Waals surface area contributed by atoms with E-state index in [4.69, 9.17) is 4.74 Å². The predicted octanol–water partition coefficient (Wildman–Crippen LogP) is 4.71. The lowest BCUT2D eigenvalue weighted by molar-refractivity contribution is -0.138. The van der Waals surface area contributed by atoms with E-state index in [1.807, 2.05) is 30.3 Å². The van der Waals surface area contributed by atoms with Crippen LogP contribution in [0.25, 0.3) is 0 Å². The van der Waals surface area contributed by atoms with Crippen LogP contribution in [0.1, 0.15) is 34.3 Å². The first-order valence-corrected chi connectivity index (χ1v) is 9.61. The third-order valence-electron chi connectivity index (χ3n) is 5.80. The van der Waals surface area contributed by atoms with E-state index in [-0.39, 0.29) is 12.1 Å². The SMILES string of the molecule is O=C(c1cc(F)ccc1C(F)(F)F)C1CC2COCC(C1)N2Cc1ccccc1. The van der Waals surface area contributed by atoms with Crippen molar-refractivity contribution in [2.75, 3.05) is 13.2 Å². The summed E-state index contributed by atoms with van der Waals surface area (Å²) in [7, 11) is 0. The van der Waals surface area contributed by atoms with Crippen LogP contribution < -0.4 is 0 Å². The van der Waals surface area contributed by atoms with Crippen LogP contribution in [0.5, 0.6) is 0 Å². The smallest absolute Gasteiger partial charge is 0.378 e. The molecular weight excluding hydrogens is 386 g/mol. The molecule has 3 nitrogen and oxygen atoms in total. The van der Waals surface area contributed by atoms with Gasteiger partial charge in [-0.25, -0.2) is 4.39 Å². The molecule has 0 N–H and O–H groups in total. The van der Waals surface area contributed by atoms with Gasteiger partial charge in [-0.3, -0.25) is 9.69 Å². The van der Waals surface area contributed by atoms with Crippen molar-refractivity contribution in [3.63, 3.8) is 0 Å². The lowest BCUT2D eigenvalue weighted by Crippen LogP contribution is -2.57. The first kappa shape index (κ1) is 20.0. The van der Waals surface area contributed by atoms with Crippen molar-refractivity contribution < 1.29 is 27.1 Å². The van der Waals surface area contributed by atoms with Gasteiger partial charge < -0.3 is 4.74 Å². The first-order chi connectivity index (χ1) is 13.8. The Morgan fingerprint density at radius 2 is 1.69 bits per heavy atom. The van der Waals surface area contributed by atoms with E-state index in [1.165, 1.54) is 0 Å². The fourth-order valence-corrected chi connectivity index (χ4v) is 4.44. The summed E-state index contributed by atoms with van der Waals surface area (Å²) in [5.41, 5.74) is -0.506. The van der Waals surface area contributed by atoms with Crippen molar-refractivity contribution in [2.45, 2.75) is 37.6 Å². The zero-order valence-electron chi connectivity index (χ0n) is 15.7. The number of nitrogens with zero attached hydrogens (tertiary/aromatic N) is 1. The maximum Gasteiger partial charge on any atom is 0.417 e. The summed E-state index contributed by atoms with van der Waals surface area (Å²) in [4.78, 5) is 15.3. The lowest BCUT2D eigenvalue weighted by Gasteiger charge is -2.48. The molecule has 0 amide bonds. The van der Waals surface area contributed by atoms with E-state index < -0.39 is 34.8 Å². The van der Waals surface area contributed by atoms with Crippen LogP contribution >= 0.6 is 0 Å². The summed E-state index contributed by atoms with van der Waals surface area (Å²) in [5, 5.41) is 0. The van der Waals surface area contributed by atoms with Crippen molar-refractivity contribution in [1.82, 2.24) is 4.90 Å². The first-order valence-electron chi connectivity index (χ1n) is 9.61. The van der Waals surface area contributed by atoms with Gasteiger partial charge in [0, 0.05) is 30.1 Å². The summed E-state index contributed by atoms with van der Waals surface area (Å²) >= 11 is 0. The second-order valence-corrected chi connectivity index (χ2v) is 7.72. The lowest BCUT2D eigenvalue weighted by atomic mass is 9.79. The molecule has 2 aliphatic heterocycles. The average molecular weight is 407 g/mol. The molecule has 2 heterocycles. The van der Waals surface area contributed by atoms with Gasteiger partial charge in [-0.15, -0.1) is 0 Å². The predicted molar refractivity (Wildman–Crippen MR) is 98.8 cm³/mol. The average Bonchev–Trinajstić information content (AvgIpc) is 2.67. The van der Waals surface area contributed by atoms with Crippen LogP contribution in [0.2, 0.25) is 0 Å². The molecule has 4 rings (SSSR count). The molecule has 2 atom stereocenters. The van der Waals surface area contributed by atoms with Gasteiger partial charge in [-0.05, 0) is 36.6 Å². The second-order valence-electron chi connectivity index (χ2n) is 7.72. The monoisotopic (exact) mass is 407 g/mol. The number of fused-ring (bicyclic) bond motifs is 2. The number of Topliss-reactive ketones (excluding diaryl/α,β-unsaturated/α-hetero) is 1. The van der Waals surface area contributed by atoms with Crippen molar-refractivity contribution in [1.29, 1.82) is 0 Å². The third-order valence-corrected chi connectivity index (χ3v) is 5.80. The van der Waals surface area contributed by atoms with Gasteiger partial charge in [-0.1, -0.05) is 30.3 Å². The highest BCUT2D eigenvalue weighted by Gasteiger charge is 2.43. The molecule has 154 valence electrons. The van der Waals surface area contributed by atoms with Gasteiger partial charge in [0.05, 0.1) is 18.8 Å². The highest BCUT2D eigenvalue weighted by atomic mass is 19.4. The molecule has 0 saturated carbocycles. The number of ether oxygens (including phenoxy) is 1. The molecule has 2 bridgehead atoms. The molecule has 2 aromatic rings. The number of hydrogen-bond acceptors (Lipinski definition) is 3. The number of rotatable bonds is 4. The Labute approximate surface area is 166 Å². The van der Waals surface area contributed by atoms with Crippen molar-refractivity contribution in [3.8, 4) is 0 Å². The Kier molecular flexibility index (Phi) is 5.44. The van der Waals surface area contributed by atoms with Crippen LogP contribution in [-0.4, -0.2) is 36.0 Å². The van der Waals surface area contributed by atoms with Crippen LogP contribution in [-0.2, 0) is 17.5 Å². The number of piperidine rings is 1. The van der Waals surface area contributed by atoms with Crippen molar-refractivity contribution in [2.24, 2.45) is 5.92 Å². The standard InChI is InChI=1S/C22H21F4NO2/c23-16-6-7-20(22(24,25)26)19(10-16)21(28)15-8-17-12-29-13-18(9-15)27(17)11-14-4-2-1-3-5-14/h1-7,10,15,17-18H,8-9,11-13H2. The molecule has 0 radical (unpaired) electrons. The van der Waals surface area contributed by atoms with Crippen LogP contribution in [0.3, 0.4) is 0 Å². The molecule has 2 unspecified atom stereocenters. The summed E-state index contributed by atoms with van der Waals surface area (Å²) in [6.07, 6.45) is -3.91. The Balaban J connectivity index is 1.56. The van der Waals surface area contributed by atoms with Crippen molar-refractivity contribution in [3.05, 3.63) is 71.0 Å². The fourth-order valence-electron chi connectivity index (χ4n) is 4.44. The minimum absolute atomic E-state index is 0.0560. The fraction of sp³-hybridized carbons (Fsp3) is 0.409. The van der Waals surface area contributed by atoms with Gasteiger partial charge >= 0.3 is 6.18 Å². The largest absolute Gasteiger partial charge is 0.417 e. The number of carbonyl (C=O) groups is 1. The summed E-state index contributed by atoms with van der Waals surface area (Å²) in [6.45, 7) is 1.57. The summed E-state index contributed by atoms with van der Waals surface area (Å²) in [5.74, 6) is -2.05. The molecule has 2 fully saturated rings. The van der Waals surface area contributed by atoms with Gasteiger partial charge in [0.1, 0.15) is 5.82 Å². The maximum atomic E-state index is 13.7. The second kappa shape index (κ2) is 7.88. The van der Waals surface area contributed by atoms with Gasteiger partial charge in [-0.2, -0.15) is 13.2 Å². The molecule has 0 spiro atoms. The molecule has 7 heteroatoms. The van der Waals surface area contributed by atoms with E-state index in [1.54, 1.807) is 0 Å². The number of alkyl halides is 3. The number of ketones is 1. The molecule has 2 aromatic carbocycles. The Morgan fingerprint density at radius 1 is 1.03 bits per heavy atom. The zero-order valence-corrected chi connectivity index (χ0v) is 15.7. The van der Waals surface area contributed by atoms with Crippen LogP contribution in [0.15, 0.2) is 48.5 Å². The minimum Gasteiger partial charge on any atom is -0.378 e. The Morgan fingerprint density at radius 3 is 2.31 bits per heavy atom. The minimum atomic E-state index is -4.70. The number of morpholine rings is 1. The normalized spacial score (nSPS) is 25.0. The number of carbonyl (C=O) groups excluding carboxylic acids is 1. The van der Waals surface area contributed by atoms with E-state index >= 15 is 0 Å². The van der Waals surface area contributed by atoms with Crippen LogP contribution in [0, 0.1) is 11.7 Å². The van der Waals surface area contributed by atoms with E-state index in [2.05, 4.69) is 4.90 Å². The zero-order chi connectivity index (χ0) is 20.6. The Hall–Kier alpha value is -2.25. The van der Waals surface area contributed by atoms with E-state index in [0.717, 1.165) is 11.6 Å². The molecule has 0 aliphatic carbocycles. The van der Waals surface area contributed by atoms with Gasteiger partial charge in [0.15, 0.2) is 5.78 Å². The molecule has 29 heavy (non-hydrogen) atoms. The summed E-state index contributed by atoms with van der Waals surface area (Å²) in [6, 6.07) is 11.9. The molecule has 2 aliphatic rings. The Bertz CT molecular complexity index is 870. The molecule has 2 saturated heterocycles. The van der Waals surface area contributed by atoms with Gasteiger partial charge in [0.2, 0.25) is 0 Å². The van der Waals surface area contributed by atoms with Gasteiger partial charge in [0.25, 0.3) is 0 Å². The molecular formula is C22H21F4NO2. The molecule has 0 aromatic heterocycles. The van der Waals surface area contributed by atoms with Crippen molar-refractivity contribution >= 4 is 5.78 Å². The highest BCUT2D eigenvalue weighted by Crippen LogP contribution is 2.38. The van der Waals surface area contributed by atoms with Crippen LogP contribution in [0.4, 0.5) is 17.6 Å². The summed E-state index contributed by atoms with van der Waals surface area (Å²) < 4.78 is 59.3. The third kappa shape index (κ3) is 4.21. The number of benzene rings is 2. The number of hydrogen-bond donors (Lipinski definition) is 0. The number of halogens is 4. The highest BCUT2D eigenvalue weighted by molar-refractivity contribution is 5.99. The quantitative estimate of drug-likeness (QED) is 0.543.